The van der Waals surface area contributed by atoms with Gasteiger partial charge in [-0.1, -0.05) is 18.2 Å². The lowest BCUT2D eigenvalue weighted by atomic mass is 10.2. The van der Waals surface area contributed by atoms with E-state index in [9.17, 15) is 18.0 Å². The van der Waals surface area contributed by atoms with Crippen LogP contribution in [0.25, 0.3) is 0 Å². The molecule has 31 heavy (non-hydrogen) atoms. The number of ether oxygens (including phenoxy) is 1. The quantitative estimate of drug-likeness (QED) is 0.538. The lowest BCUT2D eigenvalue weighted by Crippen LogP contribution is -2.48. The zero-order valence-corrected chi connectivity index (χ0v) is 16.8. The number of guanidine groups is 1. The first-order valence-electron chi connectivity index (χ1n) is 9.81. The minimum absolute atomic E-state index is 0.0120. The van der Waals surface area contributed by atoms with Gasteiger partial charge >= 0.3 is 6.36 Å². The number of benzene rings is 2. The molecule has 166 valence electrons. The Morgan fingerprint density at radius 2 is 1.68 bits per heavy atom. The number of carbonyl (C=O) groups is 1. The summed E-state index contributed by atoms with van der Waals surface area (Å²) >= 11 is 0. The third kappa shape index (κ3) is 7.09. The van der Waals surface area contributed by atoms with Gasteiger partial charge in [-0.3, -0.25) is 9.79 Å². The molecule has 1 amide bonds. The Kier molecular flexibility index (Phi) is 7.22. The fourth-order valence-corrected chi connectivity index (χ4v) is 3.21. The summed E-state index contributed by atoms with van der Waals surface area (Å²) in [6, 6.07) is 15.2. The maximum absolute atomic E-state index is 12.4. The zero-order chi connectivity index (χ0) is 22.3. The van der Waals surface area contributed by atoms with Gasteiger partial charge in [-0.25, -0.2) is 0 Å². The number of piperazine rings is 1. The van der Waals surface area contributed by atoms with Crippen LogP contribution in [0.2, 0.25) is 0 Å². The number of hydrogen-bond acceptors (Lipinski definition) is 4. The van der Waals surface area contributed by atoms with E-state index in [1.165, 1.54) is 24.3 Å². The van der Waals surface area contributed by atoms with Gasteiger partial charge in [0.05, 0.1) is 6.54 Å². The lowest BCUT2D eigenvalue weighted by molar-refractivity contribution is -0.274. The van der Waals surface area contributed by atoms with Gasteiger partial charge in [-0.2, -0.15) is 0 Å². The maximum Gasteiger partial charge on any atom is 0.573 e. The first-order valence-corrected chi connectivity index (χ1v) is 9.81. The number of nitrogens with one attached hydrogen (secondary N) is 1. The predicted molar refractivity (Wildman–Crippen MR) is 113 cm³/mol. The number of nitrogens with two attached hydrogens (primary N) is 1. The molecule has 1 heterocycles. The van der Waals surface area contributed by atoms with Crippen LogP contribution in [0.15, 0.2) is 59.6 Å². The molecule has 1 fully saturated rings. The first kappa shape index (κ1) is 22.3. The van der Waals surface area contributed by atoms with E-state index in [1.54, 1.807) is 0 Å². The molecule has 2 aromatic carbocycles. The minimum Gasteiger partial charge on any atom is -0.406 e. The molecule has 0 aliphatic carbocycles. The summed E-state index contributed by atoms with van der Waals surface area (Å²) in [5, 5.41) is 2.77. The van der Waals surface area contributed by atoms with Gasteiger partial charge in [0.1, 0.15) is 5.75 Å². The van der Waals surface area contributed by atoms with Crippen molar-refractivity contribution in [2.45, 2.75) is 12.8 Å². The lowest BCUT2D eigenvalue weighted by Gasteiger charge is -2.36. The highest BCUT2D eigenvalue weighted by molar-refractivity contribution is 5.92. The summed E-state index contributed by atoms with van der Waals surface area (Å²) in [6.07, 6.45) is -4.51. The van der Waals surface area contributed by atoms with Crippen molar-refractivity contribution in [3.63, 3.8) is 0 Å². The van der Waals surface area contributed by atoms with Crippen LogP contribution in [-0.4, -0.2) is 55.9 Å². The van der Waals surface area contributed by atoms with Crippen LogP contribution in [0.1, 0.15) is 6.42 Å². The Morgan fingerprint density at radius 3 is 2.29 bits per heavy atom. The topological polar surface area (TPSA) is 83.2 Å². The molecule has 0 radical (unpaired) electrons. The largest absolute Gasteiger partial charge is 0.573 e. The fourth-order valence-electron chi connectivity index (χ4n) is 3.21. The Balaban J connectivity index is 1.40. The molecule has 7 nitrogen and oxygen atoms in total. The van der Waals surface area contributed by atoms with Crippen molar-refractivity contribution < 1.29 is 22.7 Å². The Morgan fingerprint density at radius 1 is 1.03 bits per heavy atom. The minimum atomic E-state index is -4.74. The van der Waals surface area contributed by atoms with Gasteiger partial charge in [0.25, 0.3) is 0 Å². The van der Waals surface area contributed by atoms with Gasteiger partial charge in [0, 0.05) is 44.0 Å². The Bertz CT molecular complexity index is 880. The van der Waals surface area contributed by atoms with E-state index in [1.807, 2.05) is 23.1 Å². The van der Waals surface area contributed by atoms with Crippen LogP contribution < -0.4 is 20.7 Å². The summed E-state index contributed by atoms with van der Waals surface area (Å²) in [4.78, 5) is 20.6. The number of halogens is 3. The molecule has 0 unspecified atom stereocenters. The molecule has 2 aromatic rings. The molecule has 3 rings (SSSR count). The van der Waals surface area contributed by atoms with Crippen LogP contribution >= 0.6 is 0 Å². The van der Waals surface area contributed by atoms with Crippen LogP contribution in [0.3, 0.4) is 0 Å². The third-order valence-corrected chi connectivity index (χ3v) is 4.72. The molecule has 10 heteroatoms. The SMILES string of the molecule is NC(=NCCC(=O)N1CCN(c2ccccc2)CC1)Nc1ccc(OC(F)(F)F)cc1. The molecule has 1 aliphatic heterocycles. The van der Waals surface area contributed by atoms with E-state index in [4.69, 9.17) is 5.73 Å². The number of anilines is 2. The van der Waals surface area contributed by atoms with Crippen molar-refractivity contribution in [1.82, 2.24) is 4.90 Å². The molecule has 0 atom stereocenters. The normalized spacial score (nSPS) is 15.0. The van der Waals surface area contributed by atoms with E-state index in [0.29, 0.717) is 18.8 Å². The molecule has 0 spiro atoms. The summed E-state index contributed by atoms with van der Waals surface area (Å²) in [5.74, 6) is -0.240. The van der Waals surface area contributed by atoms with Crippen LogP contribution in [0, 0.1) is 0 Å². The molecule has 1 aliphatic rings. The molecule has 1 saturated heterocycles. The van der Waals surface area contributed by atoms with Crippen molar-refractivity contribution in [2.75, 3.05) is 42.9 Å². The standard InChI is InChI=1S/C21H24F3N5O2/c22-21(23,24)31-18-8-6-16(7-9-18)27-20(25)26-11-10-19(30)29-14-12-28(13-15-29)17-4-2-1-3-5-17/h1-9H,10-15H2,(H3,25,26,27). The molecule has 3 N–H and O–H groups in total. The van der Waals surface area contributed by atoms with E-state index in [-0.39, 0.29) is 30.6 Å². The average Bonchev–Trinajstić information content (AvgIpc) is 2.75. The fraction of sp³-hybridized carbons (Fsp3) is 0.333. The van der Waals surface area contributed by atoms with Gasteiger partial charge in [-0.05, 0) is 36.4 Å². The smallest absolute Gasteiger partial charge is 0.406 e. The number of hydrogen-bond donors (Lipinski definition) is 2. The molecule has 0 bridgehead atoms. The van der Waals surface area contributed by atoms with Crippen molar-refractivity contribution in [1.29, 1.82) is 0 Å². The van der Waals surface area contributed by atoms with E-state index < -0.39 is 6.36 Å². The number of para-hydroxylation sites is 1. The van der Waals surface area contributed by atoms with Gasteiger partial charge in [-0.15, -0.1) is 13.2 Å². The number of amides is 1. The highest BCUT2D eigenvalue weighted by Crippen LogP contribution is 2.23. The summed E-state index contributed by atoms with van der Waals surface area (Å²) in [7, 11) is 0. The van der Waals surface area contributed by atoms with E-state index >= 15 is 0 Å². The maximum atomic E-state index is 12.4. The van der Waals surface area contributed by atoms with Crippen molar-refractivity contribution in [2.24, 2.45) is 10.7 Å². The first-order chi connectivity index (χ1) is 14.8. The Labute approximate surface area is 178 Å². The summed E-state index contributed by atoms with van der Waals surface area (Å²) < 4.78 is 40.3. The molecular formula is C21H24F3N5O2. The summed E-state index contributed by atoms with van der Waals surface area (Å²) in [6.45, 7) is 3.06. The Hall–Kier alpha value is -3.43. The second kappa shape index (κ2) is 10.1. The van der Waals surface area contributed by atoms with E-state index in [2.05, 4.69) is 32.1 Å². The number of nitrogens with zero attached hydrogens (tertiary/aromatic N) is 3. The highest BCUT2D eigenvalue weighted by atomic mass is 19.4. The number of aliphatic imine (C=N–C) groups is 1. The van der Waals surface area contributed by atoms with Crippen molar-refractivity contribution in [3.8, 4) is 5.75 Å². The van der Waals surface area contributed by atoms with Gasteiger partial charge < -0.3 is 25.6 Å². The molecule has 0 aromatic heterocycles. The van der Waals surface area contributed by atoms with Crippen LogP contribution in [-0.2, 0) is 4.79 Å². The van der Waals surface area contributed by atoms with Crippen molar-refractivity contribution in [3.05, 3.63) is 54.6 Å². The zero-order valence-electron chi connectivity index (χ0n) is 16.8. The van der Waals surface area contributed by atoms with Crippen LogP contribution in [0.4, 0.5) is 24.5 Å². The number of alkyl halides is 3. The van der Waals surface area contributed by atoms with Gasteiger partial charge in [0.15, 0.2) is 5.96 Å². The molecule has 0 saturated carbocycles. The molecular weight excluding hydrogens is 411 g/mol. The van der Waals surface area contributed by atoms with Crippen LogP contribution in [0.5, 0.6) is 5.75 Å². The monoisotopic (exact) mass is 435 g/mol. The van der Waals surface area contributed by atoms with Gasteiger partial charge in [0.2, 0.25) is 5.91 Å². The predicted octanol–water partition coefficient (Wildman–Crippen LogP) is 3.05. The highest BCUT2D eigenvalue weighted by Gasteiger charge is 2.31. The second-order valence-electron chi connectivity index (χ2n) is 6.92. The average molecular weight is 435 g/mol. The third-order valence-electron chi connectivity index (χ3n) is 4.72. The van der Waals surface area contributed by atoms with Crippen molar-refractivity contribution >= 4 is 23.2 Å². The number of carbonyl (C=O) groups excluding carboxylic acids is 1. The second-order valence-corrected chi connectivity index (χ2v) is 6.92. The summed E-state index contributed by atoms with van der Waals surface area (Å²) in [5.41, 5.74) is 7.40. The number of rotatable bonds is 6. The van der Waals surface area contributed by atoms with E-state index in [0.717, 1.165) is 18.8 Å².